The average Bonchev–Trinajstić information content (AvgIpc) is 2.82. The minimum absolute atomic E-state index is 0.0336. The van der Waals surface area contributed by atoms with Crippen LogP contribution in [0.1, 0.15) is 50.8 Å². The molecule has 0 bridgehead atoms. The molecule has 0 spiro atoms. The molecule has 186 valence electrons. The molecule has 1 fully saturated rings. The molecule has 2 aromatic rings. The lowest BCUT2D eigenvalue weighted by atomic mass is 9.96. The maximum absolute atomic E-state index is 12.9. The number of piperidine rings is 1. The Balaban J connectivity index is 1.56. The maximum atomic E-state index is 12.9. The number of carbonyl (C=O) groups excluding carboxylic acids is 1. The van der Waals surface area contributed by atoms with E-state index in [0.29, 0.717) is 50.6 Å². The molecule has 7 nitrogen and oxygen atoms in total. The number of rotatable bonds is 10. The molecule has 34 heavy (non-hydrogen) atoms. The fraction of sp³-hybridized carbons (Fsp3) is 0.480. The number of benzene rings is 2. The lowest BCUT2D eigenvalue weighted by Gasteiger charge is -2.31. The van der Waals surface area contributed by atoms with Crippen molar-refractivity contribution in [1.29, 1.82) is 0 Å². The summed E-state index contributed by atoms with van der Waals surface area (Å²) in [6, 6.07) is 12.8. The van der Waals surface area contributed by atoms with Gasteiger partial charge >= 0.3 is 0 Å². The second kappa shape index (κ2) is 12.0. The fourth-order valence-corrected chi connectivity index (χ4v) is 5.86. The van der Waals surface area contributed by atoms with Crippen LogP contribution in [0.4, 0.5) is 0 Å². The number of sulfonamides is 1. The van der Waals surface area contributed by atoms with Gasteiger partial charge in [0, 0.05) is 23.5 Å². The van der Waals surface area contributed by atoms with Gasteiger partial charge in [0.2, 0.25) is 15.9 Å². The molecule has 2 aromatic carbocycles. The molecule has 0 unspecified atom stereocenters. The summed E-state index contributed by atoms with van der Waals surface area (Å²) in [6.07, 6.45) is 1.01. The Morgan fingerprint density at radius 3 is 2.29 bits per heavy atom. The standard InChI is InChI=1S/C25H33BrN2O5S/c1-4-32-23-11-8-21(16-24(23)33-5-2)18(3)27-25(29)20-12-14-28(15-13-20)34(30,31)17-19-6-9-22(26)10-7-19/h6-11,16,18,20H,4-5,12-15,17H2,1-3H3,(H,27,29)/t18-/m0/s1. The quantitative estimate of drug-likeness (QED) is 0.463. The summed E-state index contributed by atoms with van der Waals surface area (Å²) in [5, 5.41) is 3.08. The molecule has 9 heteroatoms. The van der Waals surface area contributed by atoms with E-state index in [-0.39, 0.29) is 23.6 Å². The van der Waals surface area contributed by atoms with E-state index in [9.17, 15) is 13.2 Å². The third-order valence-electron chi connectivity index (χ3n) is 5.91. The van der Waals surface area contributed by atoms with Crippen LogP contribution in [0.25, 0.3) is 0 Å². The molecule has 1 N–H and O–H groups in total. The topological polar surface area (TPSA) is 84.9 Å². The number of hydrogen-bond donors (Lipinski definition) is 1. The van der Waals surface area contributed by atoms with Crippen LogP contribution in [0, 0.1) is 5.92 Å². The van der Waals surface area contributed by atoms with Gasteiger partial charge in [-0.15, -0.1) is 0 Å². The van der Waals surface area contributed by atoms with E-state index >= 15 is 0 Å². The molecule has 1 aliphatic heterocycles. The summed E-state index contributed by atoms with van der Waals surface area (Å²) < 4.78 is 39.4. The highest BCUT2D eigenvalue weighted by Crippen LogP contribution is 2.31. The van der Waals surface area contributed by atoms with E-state index in [1.54, 1.807) is 12.1 Å². The zero-order valence-corrected chi connectivity index (χ0v) is 22.3. The molecule has 0 saturated carbocycles. The van der Waals surface area contributed by atoms with Gasteiger partial charge in [0.15, 0.2) is 11.5 Å². The summed E-state index contributed by atoms with van der Waals surface area (Å²) in [5.74, 6) is 1.05. The number of nitrogens with one attached hydrogen (secondary N) is 1. The molecule has 1 amide bonds. The van der Waals surface area contributed by atoms with Crippen molar-refractivity contribution >= 4 is 31.9 Å². The van der Waals surface area contributed by atoms with Gasteiger partial charge in [-0.25, -0.2) is 12.7 Å². The predicted octanol–water partition coefficient (Wildman–Crippen LogP) is 4.67. The van der Waals surface area contributed by atoms with Gasteiger partial charge in [-0.2, -0.15) is 0 Å². The monoisotopic (exact) mass is 552 g/mol. The molecule has 1 heterocycles. The molecule has 0 radical (unpaired) electrons. The lowest BCUT2D eigenvalue weighted by Crippen LogP contribution is -2.43. The third-order valence-corrected chi connectivity index (χ3v) is 8.29. The Hall–Kier alpha value is -2.10. The Kier molecular flexibility index (Phi) is 9.39. The Labute approximate surface area is 211 Å². The highest BCUT2D eigenvalue weighted by molar-refractivity contribution is 9.10. The third kappa shape index (κ3) is 6.96. The van der Waals surface area contributed by atoms with Crippen molar-refractivity contribution in [2.75, 3.05) is 26.3 Å². The fourth-order valence-electron chi connectivity index (χ4n) is 4.03. The van der Waals surface area contributed by atoms with Crippen LogP contribution in [0.2, 0.25) is 0 Å². The summed E-state index contributed by atoms with van der Waals surface area (Å²) >= 11 is 3.36. The molecule has 1 saturated heterocycles. The zero-order valence-electron chi connectivity index (χ0n) is 19.9. The van der Waals surface area contributed by atoms with Crippen molar-refractivity contribution in [3.05, 3.63) is 58.1 Å². The highest BCUT2D eigenvalue weighted by atomic mass is 79.9. The summed E-state index contributed by atoms with van der Waals surface area (Å²) in [4.78, 5) is 12.9. The van der Waals surface area contributed by atoms with Crippen LogP contribution in [-0.4, -0.2) is 44.9 Å². The van der Waals surface area contributed by atoms with Gasteiger partial charge in [0.05, 0.1) is 25.0 Å². The molecule has 1 atom stereocenters. The lowest BCUT2D eigenvalue weighted by molar-refractivity contribution is -0.126. The summed E-state index contributed by atoms with van der Waals surface area (Å²) in [5.41, 5.74) is 1.67. The van der Waals surface area contributed by atoms with Crippen molar-refractivity contribution in [3.8, 4) is 11.5 Å². The summed E-state index contributed by atoms with van der Waals surface area (Å²) in [6.45, 7) is 7.53. The Bertz CT molecular complexity index is 1070. The minimum atomic E-state index is -3.42. The number of carbonyl (C=O) groups is 1. The number of amides is 1. The van der Waals surface area contributed by atoms with E-state index in [1.165, 1.54) is 4.31 Å². The predicted molar refractivity (Wildman–Crippen MR) is 136 cm³/mol. The smallest absolute Gasteiger partial charge is 0.223 e. The molecule has 0 aromatic heterocycles. The largest absolute Gasteiger partial charge is 0.490 e. The SMILES string of the molecule is CCOc1ccc([C@H](C)NC(=O)C2CCN(S(=O)(=O)Cc3ccc(Br)cc3)CC2)cc1OCC. The van der Waals surface area contributed by atoms with Gasteiger partial charge in [-0.3, -0.25) is 4.79 Å². The van der Waals surface area contributed by atoms with Crippen LogP contribution >= 0.6 is 15.9 Å². The first-order chi connectivity index (χ1) is 16.2. The van der Waals surface area contributed by atoms with Gasteiger partial charge in [0.1, 0.15) is 0 Å². The first-order valence-electron chi connectivity index (χ1n) is 11.7. The zero-order chi connectivity index (χ0) is 24.7. The van der Waals surface area contributed by atoms with Crippen molar-refractivity contribution in [3.63, 3.8) is 0 Å². The number of halogens is 1. The van der Waals surface area contributed by atoms with Crippen LogP contribution in [0.5, 0.6) is 11.5 Å². The van der Waals surface area contributed by atoms with Crippen LogP contribution in [-0.2, 0) is 20.6 Å². The normalized spacial score (nSPS) is 16.1. The molecular formula is C25H33BrN2O5S. The second-order valence-corrected chi connectivity index (χ2v) is 11.2. The first kappa shape index (κ1) is 26.5. The molecule has 1 aliphatic rings. The molecule has 0 aliphatic carbocycles. The van der Waals surface area contributed by atoms with Crippen LogP contribution in [0.3, 0.4) is 0 Å². The Morgan fingerprint density at radius 1 is 1.06 bits per heavy atom. The highest BCUT2D eigenvalue weighted by Gasteiger charge is 2.31. The Morgan fingerprint density at radius 2 is 1.68 bits per heavy atom. The van der Waals surface area contributed by atoms with E-state index in [0.717, 1.165) is 15.6 Å². The maximum Gasteiger partial charge on any atom is 0.223 e. The first-order valence-corrected chi connectivity index (χ1v) is 14.1. The van der Waals surface area contributed by atoms with Gasteiger partial charge in [-0.1, -0.05) is 34.1 Å². The van der Waals surface area contributed by atoms with E-state index < -0.39 is 10.0 Å². The number of hydrogen-bond acceptors (Lipinski definition) is 5. The molecule has 3 rings (SSSR count). The second-order valence-electron chi connectivity index (χ2n) is 8.36. The van der Waals surface area contributed by atoms with Gasteiger partial charge in [0.25, 0.3) is 0 Å². The number of nitrogens with zero attached hydrogens (tertiary/aromatic N) is 1. The van der Waals surface area contributed by atoms with E-state index in [2.05, 4.69) is 21.2 Å². The van der Waals surface area contributed by atoms with Crippen LogP contribution < -0.4 is 14.8 Å². The van der Waals surface area contributed by atoms with Crippen molar-refractivity contribution in [2.24, 2.45) is 5.92 Å². The van der Waals surface area contributed by atoms with E-state index in [4.69, 9.17) is 9.47 Å². The van der Waals surface area contributed by atoms with E-state index in [1.807, 2.05) is 51.1 Å². The summed E-state index contributed by atoms with van der Waals surface area (Å²) in [7, 11) is -3.42. The minimum Gasteiger partial charge on any atom is -0.490 e. The van der Waals surface area contributed by atoms with Crippen molar-refractivity contribution < 1.29 is 22.7 Å². The number of ether oxygens (including phenoxy) is 2. The van der Waals surface area contributed by atoms with Crippen LogP contribution in [0.15, 0.2) is 46.9 Å². The molecular weight excluding hydrogens is 520 g/mol. The van der Waals surface area contributed by atoms with Gasteiger partial charge in [-0.05, 0) is 69.0 Å². The van der Waals surface area contributed by atoms with Gasteiger partial charge < -0.3 is 14.8 Å². The van der Waals surface area contributed by atoms with Crippen molar-refractivity contribution in [1.82, 2.24) is 9.62 Å². The van der Waals surface area contributed by atoms with Crippen molar-refractivity contribution in [2.45, 2.75) is 45.4 Å². The average molecular weight is 554 g/mol.